The van der Waals surface area contributed by atoms with Gasteiger partial charge in [0.1, 0.15) is 17.7 Å². The molecular formula is C16H14Cl2FNO. The number of ether oxygens (including phenoxy) is 1. The molecule has 1 aliphatic heterocycles. The minimum absolute atomic E-state index is 0. The molecule has 0 fully saturated rings. The van der Waals surface area contributed by atoms with Gasteiger partial charge in [0.05, 0.1) is 0 Å². The third-order valence-corrected chi connectivity index (χ3v) is 3.57. The zero-order valence-electron chi connectivity index (χ0n) is 11.1. The summed E-state index contributed by atoms with van der Waals surface area (Å²) in [7, 11) is 0. The van der Waals surface area contributed by atoms with Crippen LogP contribution in [0.4, 0.5) is 4.39 Å². The second kappa shape index (κ2) is 6.48. The van der Waals surface area contributed by atoms with Crippen molar-refractivity contribution in [1.29, 1.82) is 0 Å². The van der Waals surface area contributed by atoms with Crippen molar-refractivity contribution in [3.63, 3.8) is 0 Å². The van der Waals surface area contributed by atoms with Crippen molar-refractivity contribution in [2.45, 2.75) is 6.10 Å². The van der Waals surface area contributed by atoms with Crippen LogP contribution >= 0.6 is 24.0 Å². The van der Waals surface area contributed by atoms with Crippen LogP contribution < -0.4 is 10.5 Å². The number of benzene rings is 2. The Labute approximate surface area is 133 Å². The molecule has 3 rings (SSSR count). The van der Waals surface area contributed by atoms with Crippen molar-refractivity contribution >= 4 is 30.1 Å². The Balaban J connectivity index is 0.00000161. The summed E-state index contributed by atoms with van der Waals surface area (Å²) in [6, 6.07) is 10.2. The van der Waals surface area contributed by atoms with Crippen LogP contribution in [0.5, 0.6) is 5.75 Å². The van der Waals surface area contributed by atoms with Gasteiger partial charge in [-0.2, -0.15) is 0 Å². The second-order valence-electron chi connectivity index (χ2n) is 4.60. The molecule has 0 saturated carbocycles. The summed E-state index contributed by atoms with van der Waals surface area (Å²) in [5.74, 6) is 0.301. The van der Waals surface area contributed by atoms with Crippen molar-refractivity contribution < 1.29 is 9.13 Å². The van der Waals surface area contributed by atoms with Gasteiger partial charge in [0.2, 0.25) is 0 Å². The number of halogens is 3. The number of nitrogens with two attached hydrogens (primary N) is 1. The molecular weight excluding hydrogens is 312 g/mol. The Morgan fingerprint density at radius 1 is 1.19 bits per heavy atom. The maximum atomic E-state index is 13.8. The summed E-state index contributed by atoms with van der Waals surface area (Å²) in [6.07, 6.45) is 3.46. The molecule has 0 amide bonds. The summed E-state index contributed by atoms with van der Waals surface area (Å²) in [5.41, 5.74) is 7.72. The molecule has 2 aromatic rings. The van der Waals surface area contributed by atoms with E-state index in [9.17, 15) is 4.39 Å². The minimum atomic E-state index is -0.321. The topological polar surface area (TPSA) is 35.2 Å². The molecule has 2 N–H and O–H groups in total. The number of rotatable bonds is 2. The molecule has 2 nitrogen and oxygen atoms in total. The average molecular weight is 326 g/mol. The van der Waals surface area contributed by atoms with Crippen LogP contribution in [0.1, 0.15) is 5.56 Å². The van der Waals surface area contributed by atoms with E-state index in [-0.39, 0.29) is 24.3 Å². The highest BCUT2D eigenvalue weighted by Crippen LogP contribution is 2.40. The Hall–Kier alpha value is -1.55. The second-order valence-corrected chi connectivity index (χ2v) is 5.01. The van der Waals surface area contributed by atoms with Crippen molar-refractivity contribution in [2.24, 2.45) is 5.73 Å². The molecule has 0 aliphatic carbocycles. The summed E-state index contributed by atoms with van der Waals surface area (Å²) in [4.78, 5) is 0. The van der Waals surface area contributed by atoms with Gasteiger partial charge in [0.15, 0.2) is 0 Å². The third-order valence-electron chi connectivity index (χ3n) is 3.24. The van der Waals surface area contributed by atoms with E-state index in [1.54, 1.807) is 6.07 Å². The molecule has 1 atom stereocenters. The van der Waals surface area contributed by atoms with E-state index in [0.29, 0.717) is 28.4 Å². The Morgan fingerprint density at radius 2 is 1.95 bits per heavy atom. The van der Waals surface area contributed by atoms with Crippen molar-refractivity contribution in [3.05, 3.63) is 58.9 Å². The fraction of sp³-hybridized carbons (Fsp3) is 0.125. The number of hydrogen-bond donors (Lipinski definition) is 1. The van der Waals surface area contributed by atoms with Crippen molar-refractivity contribution in [2.75, 3.05) is 6.54 Å². The fourth-order valence-corrected chi connectivity index (χ4v) is 2.52. The highest BCUT2D eigenvalue weighted by atomic mass is 35.5. The van der Waals surface area contributed by atoms with Crippen LogP contribution in [0.25, 0.3) is 17.2 Å². The van der Waals surface area contributed by atoms with Gasteiger partial charge in [-0.1, -0.05) is 35.9 Å². The first kappa shape index (κ1) is 15.8. The molecule has 2 aromatic carbocycles. The van der Waals surface area contributed by atoms with Crippen LogP contribution in [0.2, 0.25) is 5.02 Å². The highest BCUT2D eigenvalue weighted by molar-refractivity contribution is 6.33. The van der Waals surface area contributed by atoms with E-state index in [0.717, 1.165) is 5.56 Å². The predicted molar refractivity (Wildman–Crippen MR) is 86.6 cm³/mol. The summed E-state index contributed by atoms with van der Waals surface area (Å²) in [5, 5.41) is 0.558. The normalized spacial score (nSPS) is 15.9. The summed E-state index contributed by atoms with van der Waals surface area (Å²) in [6.45, 7) is 0.370. The lowest BCUT2D eigenvalue weighted by atomic mass is 9.99. The molecule has 0 saturated heterocycles. The molecule has 1 aliphatic rings. The van der Waals surface area contributed by atoms with Gasteiger partial charge in [-0.25, -0.2) is 4.39 Å². The Kier molecular flexibility index (Phi) is 4.88. The average Bonchev–Trinajstić information content (AvgIpc) is 2.46. The van der Waals surface area contributed by atoms with Crippen molar-refractivity contribution in [1.82, 2.24) is 0 Å². The standard InChI is InChI=1S/C16H13ClFNO.ClH/c17-15-4-2-1-3-13(15)14-8-11(18)7-10-5-6-12(9-19)20-16(10)14;/h1-8,12H,9,19H2;1H. The lowest BCUT2D eigenvalue weighted by Crippen LogP contribution is -2.26. The monoisotopic (exact) mass is 325 g/mol. The molecule has 1 heterocycles. The van der Waals surface area contributed by atoms with Gasteiger partial charge >= 0.3 is 0 Å². The summed E-state index contributed by atoms with van der Waals surface area (Å²) < 4.78 is 19.6. The lowest BCUT2D eigenvalue weighted by molar-refractivity contribution is 0.254. The molecule has 0 radical (unpaired) electrons. The molecule has 1 unspecified atom stereocenters. The van der Waals surface area contributed by atoms with E-state index in [2.05, 4.69) is 0 Å². The van der Waals surface area contributed by atoms with Crippen LogP contribution in [0.15, 0.2) is 42.5 Å². The van der Waals surface area contributed by atoms with Gasteiger partial charge in [0.25, 0.3) is 0 Å². The molecule has 0 aromatic heterocycles. The first-order chi connectivity index (χ1) is 9.69. The van der Waals surface area contributed by atoms with Gasteiger partial charge in [-0.05, 0) is 24.3 Å². The van der Waals surface area contributed by atoms with E-state index >= 15 is 0 Å². The predicted octanol–water partition coefficient (Wildman–Crippen LogP) is 4.30. The number of hydrogen-bond acceptors (Lipinski definition) is 2. The largest absolute Gasteiger partial charge is 0.484 e. The Bertz CT molecular complexity index is 688. The minimum Gasteiger partial charge on any atom is -0.484 e. The molecule has 5 heteroatoms. The van der Waals surface area contributed by atoms with Gasteiger partial charge in [0, 0.05) is 28.3 Å². The van der Waals surface area contributed by atoms with Crippen LogP contribution in [-0.4, -0.2) is 12.6 Å². The Morgan fingerprint density at radius 3 is 2.67 bits per heavy atom. The quantitative estimate of drug-likeness (QED) is 0.893. The first-order valence-electron chi connectivity index (χ1n) is 6.32. The third kappa shape index (κ3) is 3.05. The SMILES string of the molecule is Cl.NCC1C=Cc2cc(F)cc(-c3ccccc3Cl)c2O1. The van der Waals surface area contributed by atoms with Crippen LogP contribution in [-0.2, 0) is 0 Å². The van der Waals surface area contributed by atoms with Crippen molar-refractivity contribution in [3.8, 4) is 16.9 Å². The number of fused-ring (bicyclic) bond motifs is 1. The first-order valence-corrected chi connectivity index (χ1v) is 6.70. The fourth-order valence-electron chi connectivity index (χ4n) is 2.28. The molecule has 0 bridgehead atoms. The zero-order valence-corrected chi connectivity index (χ0v) is 12.6. The van der Waals surface area contributed by atoms with Gasteiger partial charge in [-0.15, -0.1) is 12.4 Å². The van der Waals surface area contributed by atoms with E-state index < -0.39 is 0 Å². The maximum Gasteiger partial charge on any atom is 0.135 e. The maximum absolute atomic E-state index is 13.8. The summed E-state index contributed by atoms with van der Waals surface area (Å²) >= 11 is 6.20. The van der Waals surface area contributed by atoms with E-state index in [1.807, 2.05) is 30.4 Å². The van der Waals surface area contributed by atoms with E-state index in [4.69, 9.17) is 22.1 Å². The molecule has 21 heavy (non-hydrogen) atoms. The lowest BCUT2D eigenvalue weighted by Gasteiger charge is -2.23. The van der Waals surface area contributed by atoms with Gasteiger partial charge < -0.3 is 10.5 Å². The molecule has 110 valence electrons. The van der Waals surface area contributed by atoms with Crippen LogP contribution in [0.3, 0.4) is 0 Å². The van der Waals surface area contributed by atoms with Gasteiger partial charge in [-0.3, -0.25) is 0 Å². The van der Waals surface area contributed by atoms with Crippen LogP contribution in [0, 0.1) is 5.82 Å². The molecule has 0 spiro atoms. The van der Waals surface area contributed by atoms with E-state index in [1.165, 1.54) is 12.1 Å². The zero-order chi connectivity index (χ0) is 14.1. The smallest absolute Gasteiger partial charge is 0.135 e. The highest BCUT2D eigenvalue weighted by Gasteiger charge is 2.20.